The molecule has 0 amide bonds. The fourth-order valence-corrected chi connectivity index (χ4v) is 5.04. The summed E-state index contributed by atoms with van der Waals surface area (Å²) in [6, 6.07) is 3.39. The van der Waals surface area contributed by atoms with Crippen LogP contribution in [0, 0.1) is 69.8 Å². The number of hydrogen-bond donors (Lipinski definition) is 0. The molecule has 15 heteroatoms. The van der Waals surface area contributed by atoms with Crippen molar-refractivity contribution in [1.82, 2.24) is 0 Å². The van der Waals surface area contributed by atoms with Gasteiger partial charge >= 0.3 is 11.9 Å². The number of benzene rings is 6. The number of rotatable bonds is 2. The Labute approximate surface area is 239 Å². The van der Waals surface area contributed by atoms with Gasteiger partial charge in [0.25, 0.3) is 0 Å². The second-order valence-corrected chi connectivity index (χ2v) is 9.46. The Morgan fingerprint density at radius 1 is 0.400 bits per heavy atom. The van der Waals surface area contributed by atoms with Crippen LogP contribution in [0.3, 0.4) is 0 Å². The number of ether oxygens (including phenoxy) is 1. The Kier molecular flexibility index (Phi) is 6.67. The largest absolute Gasteiger partial charge is 0.386 e. The second-order valence-electron chi connectivity index (χ2n) is 9.46. The number of halogens is 12. The van der Waals surface area contributed by atoms with Crippen molar-refractivity contribution in [3.8, 4) is 0 Å². The summed E-state index contributed by atoms with van der Waals surface area (Å²) < 4.78 is 179. The lowest BCUT2D eigenvalue weighted by molar-refractivity contribution is 0.0393. The zero-order valence-electron chi connectivity index (χ0n) is 21.2. The molecule has 0 aliphatic rings. The minimum absolute atomic E-state index is 0.473. The van der Waals surface area contributed by atoms with E-state index in [9.17, 15) is 53.5 Å². The van der Waals surface area contributed by atoms with Gasteiger partial charge in [-0.2, -0.15) is 0 Å². The predicted octanol–water partition coefficient (Wildman–Crippen LogP) is 8.97. The molecule has 0 saturated heterocycles. The van der Waals surface area contributed by atoms with E-state index in [2.05, 4.69) is 4.74 Å². The van der Waals surface area contributed by atoms with Gasteiger partial charge in [-0.3, -0.25) is 0 Å². The number of hydrogen-bond acceptors (Lipinski definition) is 3. The first-order valence-corrected chi connectivity index (χ1v) is 12.1. The topological polar surface area (TPSA) is 43.4 Å². The SMILES string of the molecule is O=C(OC(=O)c1c(F)c(F)c(F)c2c(F)c3c(F)c(F)ccc3cc12)c1c(F)c(F)c(F)c2c(F)c3c(F)c(F)ccc3cc12. The maximum atomic E-state index is 15.2. The molecule has 0 unspecified atom stereocenters. The molecule has 6 aromatic carbocycles. The molecule has 0 aromatic heterocycles. The molecule has 0 bridgehead atoms. The second kappa shape index (κ2) is 10.1. The number of carbonyl (C=O) groups is 2. The summed E-state index contributed by atoms with van der Waals surface area (Å²) in [4.78, 5) is 25.9. The van der Waals surface area contributed by atoms with Crippen LogP contribution in [0.25, 0.3) is 43.1 Å². The number of carbonyl (C=O) groups excluding carboxylic acids is 2. The first-order chi connectivity index (χ1) is 21.2. The highest BCUT2D eigenvalue weighted by Crippen LogP contribution is 2.38. The maximum absolute atomic E-state index is 15.2. The fourth-order valence-electron chi connectivity index (χ4n) is 5.04. The molecule has 228 valence electrons. The Hall–Kier alpha value is -5.34. The normalized spacial score (nSPS) is 11.7. The van der Waals surface area contributed by atoms with E-state index in [1.165, 1.54) is 0 Å². The zero-order chi connectivity index (χ0) is 32.8. The number of esters is 2. The third-order valence-corrected chi connectivity index (χ3v) is 7.05. The molecule has 0 fully saturated rings. The Morgan fingerprint density at radius 2 is 0.756 bits per heavy atom. The van der Waals surface area contributed by atoms with Crippen molar-refractivity contribution < 1.29 is 67.0 Å². The van der Waals surface area contributed by atoms with Gasteiger partial charge in [0.05, 0.1) is 21.5 Å². The monoisotopic (exact) mass is 642 g/mol. The molecule has 0 saturated carbocycles. The molecular formula is C30H6F12O3. The highest BCUT2D eigenvalue weighted by atomic mass is 19.2. The van der Waals surface area contributed by atoms with Crippen molar-refractivity contribution in [1.29, 1.82) is 0 Å². The summed E-state index contributed by atoms with van der Waals surface area (Å²) in [5.41, 5.74) is -3.46. The molecular weight excluding hydrogens is 636 g/mol. The van der Waals surface area contributed by atoms with E-state index in [0.717, 1.165) is 0 Å². The van der Waals surface area contributed by atoms with Gasteiger partial charge in [0.15, 0.2) is 58.2 Å². The van der Waals surface area contributed by atoms with Crippen LogP contribution in [0.5, 0.6) is 0 Å². The summed E-state index contributed by atoms with van der Waals surface area (Å²) >= 11 is 0. The molecule has 0 radical (unpaired) electrons. The van der Waals surface area contributed by atoms with Crippen LogP contribution in [-0.4, -0.2) is 11.9 Å². The smallest absolute Gasteiger partial charge is 0.349 e. The molecule has 0 atom stereocenters. The van der Waals surface area contributed by atoms with Crippen molar-refractivity contribution in [3.63, 3.8) is 0 Å². The van der Waals surface area contributed by atoms with Crippen LogP contribution in [-0.2, 0) is 4.74 Å². The minimum Gasteiger partial charge on any atom is -0.386 e. The average Bonchev–Trinajstić information content (AvgIpc) is 2.98. The molecule has 0 heterocycles. The molecule has 0 aliphatic carbocycles. The van der Waals surface area contributed by atoms with Crippen molar-refractivity contribution in [2.24, 2.45) is 0 Å². The lowest BCUT2D eigenvalue weighted by Gasteiger charge is -2.14. The third-order valence-electron chi connectivity index (χ3n) is 7.05. The maximum Gasteiger partial charge on any atom is 0.349 e. The van der Waals surface area contributed by atoms with Crippen LogP contribution >= 0.6 is 0 Å². The van der Waals surface area contributed by atoms with Crippen molar-refractivity contribution >= 4 is 55.0 Å². The fraction of sp³-hybridized carbons (Fsp3) is 0. The first kappa shape index (κ1) is 29.7. The van der Waals surface area contributed by atoms with E-state index in [-0.39, 0.29) is 0 Å². The minimum atomic E-state index is -2.55. The van der Waals surface area contributed by atoms with Crippen molar-refractivity contribution in [2.75, 3.05) is 0 Å². The highest BCUT2D eigenvalue weighted by molar-refractivity contribution is 6.16. The lowest BCUT2D eigenvalue weighted by Crippen LogP contribution is -2.19. The van der Waals surface area contributed by atoms with Crippen molar-refractivity contribution in [2.45, 2.75) is 0 Å². The molecule has 0 aliphatic heterocycles. The lowest BCUT2D eigenvalue weighted by atomic mass is 9.96. The summed E-state index contributed by atoms with van der Waals surface area (Å²) in [6.45, 7) is 0. The Bertz CT molecular complexity index is 2200. The molecule has 6 aromatic rings. The predicted molar refractivity (Wildman–Crippen MR) is 132 cm³/mol. The van der Waals surface area contributed by atoms with E-state index in [1.54, 1.807) is 0 Å². The third kappa shape index (κ3) is 4.09. The standard InChI is InChI=1S/C30H6F12O3/c31-11-3-1-7-5-9-15(21(35)13(7)19(11)33)23(37)27(41)25(39)17(9)29(43)45-30(44)18-10-6-8-2-4-12(32)20(34)14(8)22(36)16(10)24(38)28(42)26(18)40/h1-6H. The van der Waals surface area contributed by atoms with E-state index in [0.29, 0.717) is 36.4 Å². The molecule has 3 nitrogen and oxygen atoms in total. The first-order valence-electron chi connectivity index (χ1n) is 12.1. The van der Waals surface area contributed by atoms with Crippen LogP contribution < -0.4 is 0 Å². The van der Waals surface area contributed by atoms with Crippen LogP contribution in [0.4, 0.5) is 52.7 Å². The summed E-state index contributed by atoms with van der Waals surface area (Å²) in [7, 11) is 0. The van der Waals surface area contributed by atoms with E-state index in [1.807, 2.05) is 0 Å². The molecule has 0 N–H and O–H groups in total. The van der Waals surface area contributed by atoms with E-state index >= 15 is 8.78 Å². The highest BCUT2D eigenvalue weighted by Gasteiger charge is 2.34. The van der Waals surface area contributed by atoms with Gasteiger partial charge in [-0.25, -0.2) is 62.3 Å². The van der Waals surface area contributed by atoms with Gasteiger partial charge in [-0.15, -0.1) is 0 Å². The summed E-state index contributed by atoms with van der Waals surface area (Å²) in [5, 5.41) is -9.28. The van der Waals surface area contributed by atoms with E-state index < -0.39 is 136 Å². The van der Waals surface area contributed by atoms with Crippen molar-refractivity contribution in [3.05, 3.63) is 117 Å². The van der Waals surface area contributed by atoms with Crippen LogP contribution in [0.1, 0.15) is 20.7 Å². The average molecular weight is 642 g/mol. The quantitative estimate of drug-likeness (QED) is 0.0623. The molecule has 0 spiro atoms. The van der Waals surface area contributed by atoms with Gasteiger partial charge in [0.2, 0.25) is 0 Å². The zero-order valence-corrected chi connectivity index (χ0v) is 21.2. The molecule has 6 rings (SSSR count). The molecule has 45 heavy (non-hydrogen) atoms. The Morgan fingerprint density at radius 3 is 1.11 bits per heavy atom. The summed E-state index contributed by atoms with van der Waals surface area (Å²) in [5.74, 6) is -30.1. The van der Waals surface area contributed by atoms with E-state index in [4.69, 9.17) is 0 Å². The van der Waals surface area contributed by atoms with Gasteiger partial charge in [0.1, 0.15) is 22.8 Å². The van der Waals surface area contributed by atoms with Crippen LogP contribution in [0.2, 0.25) is 0 Å². The summed E-state index contributed by atoms with van der Waals surface area (Å²) in [6.07, 6.45) is 0. The Balaban J connectivity index is 1.58. The van der Waals surface area contributed by atoms with Gasteiger partial charge < -0.3 is 4.74 Å². The number of fused-ring (bicyclic) bond motifs is 4. The van der Waals surface area contributed by atoms with Crippen LogP contribution in [0.15, 0.2) is 36.4 Å². The van der Waals surface area contributed by atoms with Gasteiger partial charge in [-0.05, 0) is 35.0 Å². The van der Waals surface area contributed by atoms with Gasteiger partial charge in [0, 0.05) is 10.8 Å². The van der Waals surface area contributed by atoms with Gasteiger partial charge in [-0.1, -0.05) is 12.1 Å².